The first-order chi connectivity index (χ1) is 12.2. The maximum atomic E-state index is 12.0. The summed E-state index contributed by atoms with van der Waals surface area (Å²) in [5.41, 5.74) is 1.40. The topological polar surface area (TPSA) is 43.4 Å². The van der Waals surface area contributed by atoms with Gasteiger partial charge >= 0.3 is 5.97 Å². The van der Waals surface area contributed by atoms with Gasteiger partial charge in [-0.3, -0.25) is 9.59 Å². The van der Waals surface area contributed by atoms with Crippen molar-refractivity contribution in [3.63, 3.8) is 0 Å². The van der Waals surface area contributed by atoms with E-state index in [-0.39, 0.29) is 17.9 Å². The highest BCUT2D eigenvalue weighted by molar-refractivity contribution is 5.80. The van der Waals surface area contributed by atoms with Gasteiger partial charge in [-0.05, 0) is 43.6 Å². The second-order valence-electron chi connectivity index (χ2n) is 7.35. The summed E-state index contributed by atoms with van der Waals surface area (Å²) in [6, 6.07) is 10.6. The van der Waals surface area contributed by atoms with Gasteiger partial charge in [0.2, 0.25) is 0 Å². The van der Waals surface area contributed by atoms with Crippen molar-refractivity contribution >= 4 is 11.8 Å². The average molecular weight is 344 g/mol. The van der Waals surface area contributed by atoms with Gasteiger partial charge in [-0.25, -0.2) is 0 Å². The molecule has 1 fully saturated rings. The number of carbonyl (C=O) groups is 2. The second-order valence-corrected chi connectivity index (χ2v) is 7.35. The maximum Gasteiger partial charge on any atom is 0.306 e. The molecule has 2 rings (SSSR count). The highest BCUT2D eigenvalue weighted by Crippen LogP contribution is 2.28. The Hall–Kier alpha value is -1.64. The third-order valence-corrected chi connectivity index (χ3v) is 5.02. The molecule has 0 bridgehead atoms. The third-order valence-electron chi connectivity index (χ3n) is 5.02. The molecule has 1 aromatic carbocycles. The summed E-state index contributed by atoms with van der Waals surface area (Å²) in [7, 11) is 0. The fourth-order valence-electron chi connectivity index (χ4n) is 3.66. The van der Waals surface area contributed by atoms with E-state index >= 15 is 0 Å². The molecule has 3 heteroatoms. The minimum atomic E-state index is -0.181. The number of hydrogen-bond donors (Lipinski definition) is 0. The van der Waals surface area contributed by atoms with E-state index in [0.29, 0.717) is 25.2 Å². The van der Waals surface area contributed by atoms with Crippen molar-refractivity contribution in [2.45, 2.75) is 83.7 Å². The monoisotopic (exact) mass is 344 g/mol. The van der Waals surface area contributed by atoms with Crippen LogP contribution in [0.4, 0.5) is 0 Å². The lowest BCUT2D eigenvalue weighted by atomic mass is 9.83. The molecule has 0 spiro atoms. The van der Waals surface area contributed by atoms with Crippen LogP contribution in [0, 0.1) is 5.92 Å². The van der Waals surface area contributed by atoms with Gasteiger partial charge in [0, 0.05) is 19.3 Å². The predicted molar refractivity (Wildman–Crippen MR) is 100 cm³/mol. The van der Waals surface area contributed by atoms with E-state index in [0.717, 1.165) is 38.5 Å². The molecule has 0 aromatic heterocycles. The van der Waals surface area contributed by atoms with Gasteiger partial charge in [0.15, 0.2) is 0 Å². The number of unbranched alkanes of at least 4 members (excludes halogenated alkanes) is 3. The van der Waals surface area contributed by atoms with Crippen LogP contribution in [0.3, 0.4) is 0 Å². The standard InChI is InChI=1S/C22H32O3/c1-2-3-14-22(24)25-21-16-19(15-20(23)17-21)13-9-5-8-12-18-10-6-4-7-11-18/h4,6-7,10-11,19,21H,2-3,5,8-9,12-17H2,1H3. The lowest BCUT2D eigenvalue weighted by Crippen LogP contribution is -2.30. The smallest absolute Gasteiger partial charge is 0.306 e. The molecular weight excluding hydrogens is 312 g/mol. The van der Waals surface area contributed by atoms with Crippen molar-refractivity contribution < 1.29 is 14.3 Å². The quantitative estimate of drug-likeness (QED) is 0.429. The lowest BCUT2D eigenvalue weighted by molar-refractivity contribution is -0.153. The van der Waals surface area contributed by atoms with Gasteiger partial charge in [-0.1, -0.05) is 56.5 Å². The first kappa shape index (κ1) is 19.7. The van der Waals surface area contributed by atoms with Crippen LogP contribution >= 0.6 is 0 Å². The Kier molecular flexibility index (Phi) is 8.71. The summed E-state index contributed by atoms with van der Waals surface area (Å²) in [5, 5.41) is 0. The Labute approximate surface area is 152 Å². The zero-order valence-corrected chi connectivity index (χ0v) is 15.5. The number of Topliss-reactive ketones (excluding diaryl/α,β-unsaturated/α-hetero) is 1. The van der Waals surface area contributed by atoms with Crippen molar-refractivity contribution in [2.24, 2.45) is 5.92 Å². The molecule has 0 amide bonds. The van der Waals surface area contributed by atoms with Gasteiger partial charge in [0.25, 0.3) is 0 Å². The molecule has 3 nitrogen and oxygen atoms in total. The molecule has 2 atom stereocenters. The normalized spacial score (nSPS) is 20.4. The van der Waals surface area contributed by atoms with Crippen LogP contribution in [-0.2, 0) is 20.7 Å². The zero-order valence-electron chi connectivity index (χ0n) is 15.5. The molecule has 1 aliphatic rings. The van der Waals surface area contributed by atoms with Gasteiger partial charge < -0.3 is 4.74 Å². The van der Waals surface area contributed by atoms with Gasteiger partial charge in [0.1, 0.15) is 11.9 Å². The van der Waals surface area contributed by atoms with Gasteiger partial charge in [0.05, 0.1) is 0 Å². The largest absolute Gasteiger partial charge is 0.462 e. The van der Waals surface area contributed by atoms with E-state index in [9.17, 15) is 9.59 Å². The van der Waals surface area contributed by atoms with E-state index < -0.39 is 0 Å². The summed E-state index contributed by atoms with van der Waals surface area (Å²) < 4.78 is 5.52. The van der Waals surface area contributed by atoms with Crippen LogP contribution in [0.2, 0.25) is 0 Å². The Morgan fingerprint density at radius 3 is 2.64 bits per heavy atom. The van der Waals surface area contributed by atoms with Crippen LogP contribution in [-0.4, -0.2) is 17.9 Å². The van der Waals surface area contributed by atoms with Crippen LogP contribution in [0.25, 0.3) is 0 Å². The Morgan fingerprint density at radius 2 is 1.88 bits per heavy atom. The van der Waals surface area contributed by atoms with Gasteiger partial charge in [-0.15, -0.1) is 0 Å². The van der Waals surface area contributed by atoms with Gasteiger partial charge in [-0.2, -0.15) is 0 Å². The summed E-state index contributed by atoms with van der Waals surface area (Å²) in [6.45, 7) is 2.06. The minimum absolute atomic E-state index is 0.136. The molecular formula is C22H32O3. The fourth-order valence-corrected chi connectivity index (χ4v) is 3.66. The SMILES string of the molecule is CCCCC(=O)OC1CC(=O)CC(CCCCCc2ccccc2)C1. The number of rotatable bonds is 10. The van der Waals surface area contributed by atoms with Crippen LogP contribution in [0.5, 0.6) is 0 Å². The molecule has 138 valence electrons. The molecule has 1 aromatic rings. The lowest BCUT2D eigenvalue weighted by Gasteiger charge is -2.28. The molecule has 2 unspecified atom stereocenters. The number of aryl methyl sites for hydroxylation is 1. The van der Waals surface area contributed by atoms with E-state index in [1.807, 2.05) is 0 Å². The van der Waals surface area contributed by atoms with Crippen LogP contribution in [0.15, 0.2) is 30.3 Å². The molecule has 0 radical (unpaired) electrons. The van der Waals surface area contributed by atoms with Crippen LogP contribution < -0.4 is 0 Å². The highest BCUT2D eigenvalue weighted by atomic mass is 16.5. The summed E-state index contributed by atoms with van der Waals surface area (Å²) in [6.07, 6.45) is 9.85. The van der Waals surface area contributed by atoms with Crippen molar-refractivity contribution in [3.05, 3.63) is 35.9 Å². The third kappa shape index (κ3) is 7.85. The first-order valence-electron chi connectivity index (χ1n) is 9.92. The summed E-state index contributed by atoms with van der Waals surface area (Å²) >= 11 is 0. The maximum absolute atomic E-state index is 12.0. The molecule has 1 saturated carbocycles. The number of carbonyl (C=O) groups excluding carboxylic acids is 2. The van der Waals surface area contributed by atoms with Crippen LogP contribution in [0.1, 0.15) is 76.7 Å². The number of benzene rings is 1. The number of esters is 1. The van der Waals surface area contributed by atoms with Crippen molar-refractivity contribution in [2.75, 3.05) is 0 Å². The second kappa shape index (κ2) is 11.1. The fraction of sp³-hybridized carbons (Fsp3) is 0.636. The highest BCUT2D eigenvalue weighted by Gasteiger charge is 2.29. The van der Waals surface area contributed by atoms with E-state index in [1.54, 1.807) is 0 Å². The number of hydrogen-bond acceptors (Lipinski definition) is 3. The van der Waals surface area contributed by atoms with E-state index in [2.05, 4.69) is 37.3 Å². The van der Waals surface area contributed by atoms with Crippen molar-refractivity contribution in [3.8, 4) is 0 Å². The first-order valence-corrected chi connectivity index (χ1v) is 9.92. The Morgan fingerprint density at radius 1 is 1.08 bits per heavy atom. The molecule has 0 heterocycles. The minimum Gasteiger partial charge on any atom is -0.462 e. The van der Waals surface area contributed by atoms with Crippen molar-refractivity contribution in [1.29, 1.82) is 0 Å². The van der Waals surface area contributed by atoms with E-state index in [1.165, 1.54) is 18.4 Å². The Bertz CT molecular complexity index is 523. The molecule has 0 aliphatic heterocycles. The number of ether oxygens (including phenoxy) is 1. The molecule has 25 heavy (non-hydrogen) atoms. The summed E-state index contributed by atoms with van der Waals surface area (Å²) in [4.78, 5) is 23.7. The molecule has 1 aliphatic carbocycles. The van der Waals surface area contributed by atoms with E-state index in [4.69, 9.17) is 4.74 Å². The molecule has 0 N–H and O–H groups in total. The van der Waals surface area contributed by atoms with Crippen molar-refractivity contribution in [1.82, 2.24) is 0 Å². The Balaban J connectivity index is 1.63. The predicted octanol–water partition coefficient (Wildman–Crippen LogP) is 5.26. The average Bonchev–Trinajstić information content (AvgIpc) is 2.60. The summed E-state index contributed by atoms with van der Waals surface area (Å²) in [5.74, 6) is 0.513. The zero-order chi connectivity index (χ0) is 17.9. The number of ketones is 1. The molecule has 0 saturated heterocycles.